The monoisotopic (exact) mass is 383 g/mol. The smallest absolute Gasteiger partial charge is 0.409 e. The summed E-state index contributed by atoms with van der Waals surface area (Å²) in [6, 6.07) is 7.90. The number of hydrogen-bond donors (Lipinski definition) is 1. The Morgan fingerprint density at radius 2 is 1.83 bits per heavy atom. The summed E-state index contributed by atoms with van der Waals surface area (Å²) in [7, 11) is 0. The molecular weight excluding hydrogens is 362 g/mol. The van der Waals surface area contributed by atoms with Crippen LogP contribution in [0.4, 0.5) is 9.59 Å². The zero-order valence-corrected chi connectivity index (χ0v) is 14.8. The topological polar surface area (TPSA) is 61.9 Å². The molecule has 7 heteroatoms. The van der Waals surface area contributed by atoms with Crippen molar-refractivity contribution in [3.05, 3.63) is 34.3 Å². The fourth-order valence-electron chi connectivity index (χ4n) is 2.42. The molecule has 1 fully saturated rings. The van der Waals surface area contributed by atoms with E-state index < -0.39 is 0 Å². The van der Waals surface area contributed by atoms with E-state index in [1.54, 1.807) is 16.7 Å². The number of piperazine rings is 1. The summed E-state index contributed by atoms with van der Waals surface area (Å²) in [6.07, 6.45) is 0.470. The number of urea groups is 1. The van der Waals surface area contributed by atoms with Crippen LogP contribution in [0.5, 0.6) is 0 Å². The molecule has 0 atom stereocenters. The van der Waals surface area contributed by atoms with Crippen LogP contribution in [0.1, 0.15) is 12.5 Å². The van der Waals surface area contributed by atoms with Crippen molar-refractivity contribution in [1.29, 1.82) is 0 Å². The van der Waals surface area contributed by atoms with Crippen LogP contribution in [-0.4, -0.2) is 61.3 Å². The van der Waals surface area contributed by atoms with Crippen molar-refractivity contribution < 1.29 is 14.3 Å². The van der Waals surface area contributed by atoms with Gasteiger partial charge in [-0.3, -0.25) is 0 Å². The summed E-state index contributed by atoms with van der Waals surface area (Å²) in [4.78, 5) is 27.1. The lowest BCUT2D eigenvalue weighted by atomic mass is 10.1. The summed E-state index contributed by atoms with van der Waals surface area (Å²) < 4.78 is 6.02. The van der Waals surface area contributed by atoms with Gasteiger partial charge in [-0.05, 0) is 25.0 Å². The molecule has 6 nitrogen and oxygen atoms in total. The quantitative estimate of drug-likeness (QED) is 0.868. The van der Waals surface area contributed by atoms with Crippen LogP contribution in [0.25, 0.3) is 0 Å². The Morgan fingerprint density at radius 3 is 2.48 bits per heavy atom. The molecule has 0 radical (unpaired) electrons. The Balaban J connectivity index is 1.71. The first kappa shape index (κ1) is 17.6. The van der Waals surface area contributed by atoms with Gasteiger partial charge in [0.1, 0.15) is 0 Å². The van der Waals surface area contributed by atoms with Gasteiger partial charge in [-0.1, -0.05) is 34.1 Å². The lowest BCUT2D eigenvalue weighted by Crippen LogP contribution is -2.53. The van der Waals surface area contributed by atoms with Crippen molar-refractivity contribution in [3.63, 3.8) is 0 Å². The van der Waals surface area contributed by atoms with Crippen molar-refractivity contribution in [1.82, 2.24) is 15.1 Å². The second-order valence-electron chi connectivity index (χ2n) is 5.25. The van der Waals surface area contributed by atoms with Gasteiger partial charge >= 0.3 is 12.1 Å². The molecule has 1 heterocycles. The number of nitrogens with one attached hydrogen (secondary N) is 1. The Kier molecular flexibility index (Phi) is 6.70. The SMILES string of the molecule is CCOC(=O)N1CCN(C(=O)NCCc2ccccc2Br)CC1. The lowest BCUT2D eigenvalue weighted by molar-refractivity contribution is 0.0852. The van der Waals surface area contributed by atoms with Crippen LogP contribution < -0.4 is 5.32 Å². The third-order valence-electron chi connectivity index (χ3n) is 3.72. The maximum absolute atomic E-state index is 12.1. The van der Waals surface area contributed by atoms with Crippen molar-refractivity contribution in [3.8, 4) is 0 Å². The van der Waals surface area contributed by atoms with E-state index in [2.05, 4.69) is 21.2 Å². The predicted molar refractivity (Wildman–Crippen MR) is 91.4 cm³/mol. The highest BCUT2D eigenvalue weighted by Gasteiger charge is 2.24. The van der Waals surface area contributed by atoms with Crippen molar-refractivity contribution in [2.45, 2.75) is 13.3 Å². The molecule has 0 aliphatic carbocycles. The highest BCUT2D eigenvalue weighted by Crippen LogP contribution is 2.15. The number of ether oxygens (including phenoxy) is 1. The van der Waals surface area contributed by atoms with Gasteiger partial charge in [0, 0.05) is 37.2 Å². The molecule has 3 amide bonds. The van der Waals surface area contributed by atoms with Gasteiger partial charge in [-0.2, -0.15) is 0 Å². The molecule has 126 valence electrons. The normalized spacial score (nSPS) is 14.5. The molecule has 0 bridgehead atoms. The van der Waals surface area contributed by atoms with E-state index in [4.69, 9.17) is 4.74 Å². The number of rotatable bonds is 4. The van der Waals surface area contributed by atoms with Crippen LogP contribution in [-0.2, 0) is 11.2 Å². The average molecular weight is 384 g/mol. The number of hydrogen-bond acceptors (Lipinski definition) is 3. The summed E-state index contributed by atoms with van der Waals surface area (Å²) in [5.41, 5.74) is 1.17. The number of carbonyl (C=O) groups is 2. The predicted octanol–water partition coefficient (Wildman–Crippen LogP) is 2.48. The zero-order valence-electron chi connectivity index (χ0n) is 13.3. The molecule has 1 aromatic carbocycles. The third-order valence-corrected chi connectivity index (χ3v) is 4.49. The number of nitrogens with zero attached hydrogens (tertiary/aromatic N) is 2. The Hall–Kier alpha value is -1.76. The van der Waals surface area contributed by atoms with Crippen LogP contribution in [0.2, 0.25) is 0 Å². The van der Waals surface area contributed by atoms with Gasteiger partial charge in [-0.25, -0.2) is 9.59 Å². The third kappa shape index (κ3) is 5.13. The molecule has 0 spiro atoms. The van der Waals surface area contributed by atoms with Crippen molar-refractivity contribution in [2.75, 3.05) is 39.3 Å². The fourth-order valence-corrected chi connectivity index (χ4v) is 2.91. The summed E-state index contributed by atoms with van der Waals surface area (Å²) in [5, 5.41) is 2.93. The Labute approximate surface area is 144 Å². The van der Waals surface area contributed by atoms with E-state index in [0.717, 1.165) is 10.9 Å². The van der Waals surface area contributed by atoms with E-state index in [9.17, 15) is 9.59 Å². The summed E-state index contributed by atoms with van der Waals surface area (Å²) in [6.45, 7) is 4.81. The minimum Gasteiger partial charge on any atom is -0.450 e. The number of benzene rings is 1. The van der Waals surface area contributed by atoms with Crippen LogP contribution in [0.15, 0.2) is 28.7 Å². The first-order valence-electron chi connectivity index (χ1n) is 7.79. The molecule has 1 aromatic rings. The second kappa shape index (κ2) is 8.76. The molecule has 0 aromatic heterocycles. The minimum absolute atomic E-state index is 0.0828. The van der Waals surface area contributed by atoms with Gasteiger partial charge in [0.25, 0.3) is 0 Å². The highest BCUT2D eigenvalue weighted by molar-refractivity contribution is 9.10. The van der Waals surface area contributed by atoms with E-state index in [1.165, 1.54) is 5.56 Å². The molecular formula is C16H22BrN3O3. The Bertz CT molecular complexity index is 545. The highest BCUT2D eigenvalue weighted by atomic mass is 79.9. The van der Waals surface area contributed by atoms with Gasteiger partial charge in [0.15, 0.2) is 0 Å². The zero-order chi connectivity index (χ0) is 16.7. The molecule has 2 rings (SSSR count). The van der Waals surface area contributed by atoms with Crippen molar-refractivity contribution in [2.24, 2.45) is 0 Å². The molecule has 0 unspecified atom stereocenters. The van der Waals surface area contributed by atoms with Gasteiger partial charge in [0.05, 0.1) is 6.61 Å². The maximum atomic E-state index is 12.1. The second-order valence-corrected chi connectivity index (χ2v) is 6.10. The molecule has 1 aliphatic rings. The van der Waals surface area contributed by atoms with Crippen molar-refractivity contribution >= 4 is 28.1 Å². The van der Waals surface area contributed by atoms with Crippen LogP contribution >= 0.6 is 15.9 Å². The van der Waals surface area contributed by atoms with Crippen LogP contribution in [0, 0.1) is 0 Å². The molecule has 1 aliphatic heterocycles. The van der Waals surface area contributed by atoms with E-state index >= 15 is 0 Å². The fraction of sp³-hybridized carbons (Fsp3) is 0.500. The first-order chi connectivity index (χ1) is 11.1. The molecule has 1 N–H and O–H groups in total. The molecule has 1 saturated heterocycles. The van der Waals surface area contributed by atoms with Gasteiger partial charge in [0.2, 0.25) is 0 Å². The Morgan fingerprint density at radius 1 is 1.17 bits per heavy atom. The average Bonchev–Trinajstić information content (AvgIpc) is 2.57. The molecule has 23 heavy (non-hydrogen) atoms. The molecule has 0 saturated carbocycles. The van der Waals surface area contributed by atoms with E-state index in [1.807, 2.05) is 24.3 Å². The largest absolute Gasteiger partial charge is 0.450 e. The van der Waals surface area contributed by atoms with Gasteiger partial charge in [-0.15, -0.1) is 0 Å². The van der Waals surface area contributed by atoms with E-state index in [-0.39, 0.29) is 12.1 Å². The lowest BCUT2D eigenvalue weighted by Gasteiger charge is -2.34. The first-order valence-corrected chi connectivity index (χ1v) is 8.59. The summed E-state index contributed by atoms with van der Waals surface area (Å²) >= 11 is 3.50. The maximum Gasteiger partial charge on any atom is 0.409 e. The number of carbonyl (C=O) groups excluding carboxylic acids is 2. The minimum atomic E-state index is -0.304. The van der Waals surface area contributed by atoms with Gasteiger partial charge < -0.3 is 19.9 Å². The number of amides is 3. The standard InChI is InChI=1S/C16H22BrN3O3/c1-2-23-16(22)20-11-9-19(10-12-20)15(21)18-8-7-13-5-3-4-6-14(13)17/h3-6H,2,7-12H2,1H3,(H,18,21). The number of halogens is 1. The van der Waals surface area contributed by atoms with Crippen LogP contribution in [0.3, 0.4) is 0 Å². The van der Waals surface area contributed by atoms with E-state index in [0.29, 0.717) is 39.3 Å². The summed E-state index contributed by atoms with van der Waals surface area (Å²) in [5.74, 6) is 0.